The van der Waals surface area contributed by atoms with E-state index in [9.17, 15) is 19.8 Å². The largest absolute Gasteiger partial charge is 0.508 e. The van der Waals surface area contributed by atoms with Crippen LogP contribution in [0.3, 0.4) is 0 Å². The van der Waals surface area contributed by atoms with E-state index in [0.717, 1.165) is 0 Å². The molecule has 6 nitrogen and oxygen atoms in total. The van der Waals surface area contributed by atoms with Crippen LogP contribution in [0.2, 0.25) is 0 Å². The van der Waals surface area contributed by atoms with Crippen LogP contribution >= 0.6 is 0 Å². The van der Waals surface area contributed by atoms with Crippen LogP contribution < -0.4 is 0 Å². The lowest BCUT2D eigenvalue weighted by Crippen LogP contribution is -2.23. The lowest BCUT2D eigenvalue weighted by atomic mass is 9.85. The Balaban J connectivity index is 2.76. The second-order valence-electron chi connectivity index (χ2n) is 8.16. The van der Waals surface area contributed by atoms with Crippen molar-refractivity contribution >= 4 is 11.9 Å². The molecule has 0 saturated carbocycles. The van der Waals surface area contributed by atoms with Crippen molar-refractivity contribution in [3.63, 3.8) is 0 Å². The van der Waals surface area contributed by atoms with E-state index >= 15 is 0 Å². The Morgan fingerprint density at radius 1 is 0.846 bits per heavy atom. The standard InChI is InChI=1S/C20H30O6/c1-19(2,17(23)24)11-5-7-13-9-10-15(21)14(16(13)22)8-6-12-20(3,4)18(25)26/h9-10,21-22H,5-8,11-12H2,1-4H3,(H,23,24)(H,25,26). The zero-order valence-corrected chi connectivity index (χ0v) is 16.0. The lowest BCUT2D eigenvalue weighted by molar-refractivity contribution is -0.148. The predicted molar refractivity (Wildman–Crippen MR) is 98.5 cm³/mol. The lowest BCUT2D eigenvalue weighted by Gasteiger charge is -2.20. The number of carbonyl (C=O) groups is 2. The minimum atomic E-state index is -0.874. The molecule has 26 heavy (non-hydrogen) atoms. The topological polar surface area (TPSA) is 115 Å². The summed E-state index contributed by atoms with van der Waals surface area (Å²) < 4.78 is 0. The Hall–Kier alpha value is -2.24. The summed E-state index contributed by atoms with van der Waals surface area (Å²) in [7, 11) is 0. The van der Waals surface area contributed by atoms with E-state index in [-0.39, 0.29) is 11.5 Å². The molecule has 1 aromatic rings. The highest BCUT2D eigenvalue weighted by Gasteiger charge is 2.27. The maximum atomic E-state index is 11.2. The highest BCUT2D eigenvalue weighted by Crippen LogP contribution is 2.35. The first kappa shape index (κ1) is 21.8. The zero-order chi connectivity index (χ0) is 20.1. The highest BCUT2D eigenvalue weighted by atomic mass is 16.4. The third-order valence-electron chi connectivity index (χ3n) is 4.98. The summed E-state index contributed by atoms with van der Waals surface area (Å²) in [5.41, 5.74) is -0.596. The van der Waals surface area contributed by atoms with E-state index in [0.29, 0.717) is 49.7 Å². The van der Waals surface area contributed by atoms with E-state index in [1.54, 1.807) is 33.8 Å². The molecule has 6 heteroatoms. The van der Waals surface area contributed by atoms with E-state index in [1.807, 2.05) is 0 Å². The van der Waals surface area contributed by atoms with Gasteiger partial charge in [0.15, 0.2) is 0 Å². The van der Waals surface area contributed by atoms with E-state index in [1.165, 1.54) is 6.07 Å². The number of aliphatic carboxylic acids is 2. The van der Waals surface area contributed by atoms with Crippen LogP contribution in [-0.4, -0.2) is 32.4 Å². The van der Waals surface area contributed by atoms with Gasteiger partial charge in [-0.15, -0.1) is 0 Å². The number of hydrogen-bond donors (Lipinski definition) is 4. The molecule has 0 aliphatic heterocycles. The Bertz CT molecular complexity index is 661. The predicted octanol–water partition coefficient (Wildman–Crippen LogP) is 3.96. The first-order valence-electron chi connectivity index (χ1n) is 8.88. The fraction of sp³-hybridized carbons (Fsp3) is 0.600. The second-order valence-corrected chi connectivity index (χ2v) is 8.16. The second kappa shape index (κ2) is 8.43. The molecule has 146 valence electrons. The number of benzene rings is 1. The van der Waals surface area contributed by atoms with Crippen molar-refractivity contribution in [3.8, 4) is 11.5 Å². The Morgan fingerprint density at radius 2 is 1.31 bits per heavy atom. The van der Waals surface area contributed by atoms with Crippen LogP contribution in [0.4, 0.5) is 0 Å². The number of rotatable bonds is 10. The van der Waals surface area contributed by atoms with Gasteiger partial charge < -0.3 is 20.4 Å². The summed E-state index contributed by atoms with van der Waals surface area (Å²) in [5.74, 6) is -1.72. The average Bonchev–Trinajstić information content (AvgIpc) is 2.52. The molecule has 0 bridgehead atoms. The van der Waals surface area contributed by atoms with Gasteiger partial charge in [-0.05, 0) is 77.8 Å². The summed E-state index contributed by atoms with van der Waals surface area (Å²) in [6.07, 6.45) is 2.92. The first-order chi connectivity index (χ1) is 11.9. The summed E-state index contributed by atoms with van der Waals surface area (Å²) in [6.45, 7) is 6.63. The summed E-state index contributed by atoms with van der Waals surface area (Å²) in [4.78, 5) is 22.3. The maximum absolute atomic E-state index is 11.2. The molecule has 0 amide bonds. The van der Waals surface area contributed by atoms with Crippen molar-refractivity contribution < 1.29 is 30.0 Å². The third-order valence-corrected chi connectivity index (χ3v) is 4.98. The first-order valence-corrected chi connectivity index (χ1v) is 8.88. The molecule has 0 atom stereocenters. The maximum Gasteiger partial charge on any atom is 0.309 e. The number of hydrogen-bond acceptors (Lipinski definition) is 4. The molecular formula is C20H30O6. The SMILES string of the molecule is CC(C)(CCCc1ccc(O)c(CCCC(C)(C)C(=O)O)c1O)C(=O)O. The van der Waals surface area contributed by atoms with E-state index in [4.69, 9.17) is 10.2 Å². The van der Waals surface area contributed by atoms with Gasteiger partial charge in [-0.25, -0.2) is 0 Å². The van der Waals surface area contributed by atoms with Gasteiger partial charge >= 0.3 is 11.9 Å². The molecule has 0 radical (unpaired) electrons. The van der Waals surface area contributed by atoms with Crippen molar-refractivity contribution in [2.24, 2.45) is 10.8 Å². The molecule has 1 rings (SSSR count). The molecule has 4 N–H and O–H groups in total. The molecule has 0 spiro atoms. The van der Waals surface area contributed by atoms with Crippen LogP contribution in [0.15, 0.2) is 12.1 Å². The molecule has 0 aliphatic carbocycles. The van der Waals surface area contributed by atoms with Gasteiger partial charge in [0.1, 0.15) is 11.5 Å². The van der Waals surface area contributed by atoms with Crippen LogP contribution in [0, 0.1) is 10.8 Å². The minimum Gasteiger partial charge on any atom is -0.508 e. The number of phenolic OH excluding ortho intramolecular Hbond substituents is 2. The normalized spacial score (nSPS) is 12.2. The number of carboxylic acids is 2. The Morgan fingerprint density at radius 3 is 1.77 bits per heavy atom. The van der Waals surface area contributed by atoms with Gasteiger partial charge in [-0.3, -0.25) is 9.59 Å². The molecule has 1 aromatic carbocycles. The smallest absolute Gasteiger partial charge is 0.309 e. The van der Waals surface area contributed by atoms with Gasteiger partial charge in [-0.2, -0.15) is 0 Å². The zero-order valence-electron chi connectivity index (χ0n) is 16.0. The molecule has 0 heterocycles. The fourth-order valence-electron chi connectivity index (χ4n) is 2.76. The Kier molecular flexibility index (Phi) is 7.07. The van der Waals surface area contributed by atoms with E-state index in [2.05, 4.69) is 0 Å². The van der Waals surface area contributed by atoms with E-state index < -0.39 is 22.8 Å². The van der Waals surface area contributed by atoms with Crippen LogP contribution in [0.25, 0.3) is 0 Å². The van der Waals surface area contributed by atoms with Gasteiger partial charge in [0.2, 0.25) is 0 Å². The molecular weight excluding hydrogens is 336 g/mol. The number of carboxylic acid groups (broad SMARTS) is 2. The minimum absolute atomic E-state index is 0.00903. The molecule has 0 unspecified atom stereocenters. The molecule has 0 aromatic heterocycles. The van der Waals surface area contributed by atoms with Crippen molar-refractivity contribution in [1.82, 2.24) is 0 Å². The van der Waals surface area contributed by atoms with Gasteiger partial charge in [0.05, 0.1) is 10.8 Å². The van der Waals surface area contributed by atoms with Crippen LogP contribution in [0.1, 0.15) is 64.5 Å². The number of aromatic hydroxyl groups is 2. The monoisotopic (exact) mass is 366 g/mol. The van der Waals surface area contributed by atoms with Crippen molar-refractivity contribution in [2.45, 2.75) is 66.2 Å². The molecule has 0 saturated heterocycles. The third kappa shape index (κ3) is 5.64. The van der Waals surface area contributed by atoms with Crippen molar-refractivity contribution in [3.05, 3.63) is 23.3 Å². The van der Waals surface area contributed by atoms with Gasteiger partial charge in [0, 0.05) is 5.56 Å². The average molecular weight is 366 g/mol. The van der Waals surface area contributed by atoms with Crippen LogP contribution in [0.5, 0.6) is 11.5 Å². The number of aryl methyl sites for hydroxylation is 1. The van der Waals surface area contributed by atoms with Gasteiger partial charge in [-0.1, -0.05) is 6.07 Å². The Labute approximate surface area is 154 Å². The quantitative estimate of drug-likeness (QED) is 0.498. The number of phenols is 2. The van der Waals surface area contributed by atoms with Crippen LogP contribution in [-0.2, 0) is 22.4 Å². The highest BCUT2D eigenvalue weighted by molar-refractivity contribution is 5.73. The summed E-state index contributed by atoms with van der Waals surface area (Å²) in [5, 5.41) is 38.8. The van der Waals surface area contributed by atoms with Crippen molar-refractivity contribution in [1.29, 1.82) is 0 Å². The summed E-state index contributed by atoms with van der Waals surface area (Å²) in [6, 6.07) is 3.16. The van der Waals surface area contributed by atoms with Crippen molar-refractivity contribution in [2.75, 3.05) is 0 Å². The summed E-state index contributed by atoms with van der Waals surface area (Å²) >= 11 is 0. The van der Waals surface area contributed by atoms with Gasteiger partial charge in [0.25, 0.3) is 0 Å². The molecule has 0 aliphatic rings. The molecule has 0 fully saturated rings. The fourth-order valence-corrected chi connectivity index (χ4v) is 2.76.